The van der Waals surface area contributed by atoms with Gasteiger partial charge in [0.1, 0.15) is 0 Å². The molecule has 1 heterocycles. The van der Waals surface area contributed by atoms with E-state index in [1.165, 1.54) is 0 Å². The van der Waals surface area contributed by atoms with Gasteiger partial charge in [-0.1, -0.05) is 19.9 Å². The molecule has 108 valence electrons. The van der Waals surface area contributed by atoms with Crippen LogP contribution in [0.15, 0.2) is 30.6 Å². The molecule has 0 saturated carbocycles. The standard InChI is InChI=1S/C16H24N4/c1-4-20(5-2)11-12(3)19-15-7-6-13-10-18-9-8-14(13)16(15)17/h6-10,12,19H,4-5,11,17H2,1-3H3. The number of nitrogens with zero attached hydrogens (tertiary/aromatic N) is 2. The van der Waals surface area contributed by atoms with Crippen molar-refractivity contribution in [3.63, 3.8) is 0 Å². The highest BCUT2D eigenvalue weighted by Gasteiger charge is 2.10. The highest BCUT2D eigenvalue weighted by Crippen LogP contribution is 2.28. The maximum absolute atomic E-state index is 6.26. The van der Waals surface area contributed by atoms with E-state index in [2.05, 4.69) is 42.0 Å². The average molecular weight is 272 g/mol. The molecule has 1 atom stereocenters. The second-order valence-electron chi connectivity index (χ2n) is 5.15. The van der Waals surface area contributed by atoms with Gasteiger partial charge in [0.2, 0.25) is 0 Å². The van der Waals surface area contributed by atoms with E-state index < -0.39 is 0 Å². The molecule has 0 aliphatic carbocycles. The van der Waals surface area contributed by atoms with Gasteiger partial charge in [0.15, 0.2) is 0 Å². The quantitative estimate of drug-likeness (QED) is 0.794. The third-order valence-corrected chi connectivity index (χ3v) is 3.69. The Hall–Kier alpha value is -1.81. The molecule has 0 spiro atoms. The number of likely N-dealkylation sites (N-methyl/N-ethyl adjacent to an activating group) is 1. The third-order valence-electron chi connectivity index (χ3n) is 3.69. The number of fused-ring (bicyclic) bond motifs is 1. The van der Waals surface area contributed by atoms with Crippen molar-refractivity contribution < 1.29 is 0 Å². The van der Waals surface area contributed by atoms with Crippen LogP contribution in [0, 0.1) is 0 Å². The summed E-state index contributed by atoms with van der Waals surface area (Å²) in [6, 6.07) is 6.42. The zero-order valence-corrected chi connectivity index (χ0v) is 12.6. The van der Waals surface area contributed by atoms with Crippen molar-refractivity contribution in [2.75, 3.05) is 30.7 Å². The molecule has 0 aliphatic heterocycles. The maximum Gasteiger partial charge on any atom is 0.0630 e. The molecular formula is C16H24N4. The molecule has 1 aromatic carbocycles. The molecule has 4 nitrogen and oxygen atoms in total. The maximum atomic E-state index is 6.26. The van der Waals surface area contributed by atoms with E-state index in [-0.39, 0.29) is 0 Å². The van der Waals surface area contributed by atoms with E-state index >= 15 is 0 Å². The average Bonchev–Trinajstić information content (AvgIpc) is 2.48. The Balaban J connectivity index is 2.15. The van der Waals surface area contributed by atoms with Gasteiger partial charge in [-0.05, 0) is 32.1 Å². The van der Waals surface area contributed by atoms with Crippen LogP contribution in [0.25, 0.3) is 10.8 Å². The topological polar surface area (TPSA) is 54.2 Å². The van der Waals surface area contributed by atoms with E-state index in [4.69, 9.17) is 5.73 Å². The van der Waals surface area contributed by atoms with Crippen LogP contribution >= 0.6 is 0 Å². The zero-order valence-electron chi connectivity index (χ0n) is 12.6. The van der Waals surface area contributed by atoms with E-state index in [1.807, 2.05) is 18.3 Å². The van der Waals surface area contributed by atoms with Gasteiger partial charge in [-0.2, -0.15) is 0 Å². The lowest BCUT2D eigenvalue weighted by Gasteiger charge is -2.24. The van der Waals surface area contributed by atoms with Crippen molar-refractivity contribution >= 4 is 22.1 Å². The highest BCUT2D eigenvalue weighted by molar-refractivity contribution is 5.98. The van der Waals surface area contributed by atoms with Gasteiger partial charge in [-0.25, -0.2) is 0 Å². The molecule has 0 fully saturated rings. The van der Waals surface area contributed by atoms with Crippen molar-refractivity contribution in [3.8, 4) is 0 Å². The number of pyridine rings is 1. The third kappa shape index (κ3) is 3.20. The molecule has 0 amide bonds. The predicted molar refractivity (Wildman–Crippen MR) is 87.0 cm³/mol. The van der Waals surface area contributed by atoms with E-state index in [0.29, 0.717) is 6.04 Å². The molecule has 2 aromatic rings. The number of rotatable bonds is 6. The molecule has 0 aliphatic rings. The first-order valence-corrected chi connectivity index (χ1v) is 7.26. The molecule has 2 rings (SSSR count). The van der Waals surface area contributed by atoms with Crippen molar-refractivity contribution in [1.82, 2.24) is 9.88 Å². The van der Waals surface area contributed by atoms with Crippen LogP contribution in [0.4, 0.5) is 11.4 Å². The minimum absolute atomic E-state index is 0.358. The lowest BCUT2D eigenvalue weighted by Crippen LogP contribution is -2.34. The number of aromatic nitrogens is 1. The summed E-state index contributed by atoms with van der Waals surface area (Å²) in [4.78, 5) is 6.53. The first kappa shape index (κ1) is 14.6. The van der Waals surface area contributed by atoms with Crippen molar-refractivity contribution in [2.45, 2.75) is 26.8 Å². The molecule has 0 saturated heterocycles. The Morgan fingerprint density at radius 1 is 1.25 bits per heavy atom. The normalized spacial score (nSPS) is 12.8. The fraction of sp³-hybridized carbons (Fsp3) is 0.438. The summed E-state index contributed by atoms with van der Waals surface area (Å²) in [7, 11) is 0. The van der Waals surface area contributed by atoms with Crippen molar-refractivity contribution in [2.24, 2.45) is 0 Å². The van der Waals surface area contributed by atoms with E-state index in [9.17, 15) is 0 Å². The highest BCUT2D eigenvalue weighted by atomic mass is 15.1. The van der Waals surface area contributed by atoms with Gasteiger partial charge in [0, 0.05) is 35.8 Å². The van der Waals surface area contributed by atoms with Crippen LogP contribution in [0.5, 0.6) is 0 Å². The summed E-state index contributed by atoms with van der Waals surface area (Å²) in [5, 5.41) is 5.65. The molecule has 1 unspecified atom stereocenters. The lowest BCUT2D eigenvalue weighted by molar-refractivity contribution is 0.295. The van der Waals surface area contributed by atoms with Crippen molar-refractivity contribution in [3.05, 3.63) is 30.6 Å². The number of nitrogens with two attached hydrogens (primary N) is 1. The number of hydrogen-bond donors (Lipinski definition) is 2. The van der Waals surface area contributed by atoms with E-state index in [1.54, 1.807) is 6.20 Å². The van der Waals surface area contributed by atoms with Gasteiger partial charge in [0.25, 0.3) is 0 Å². The van der Waals surface area contributed by atoms with Gasteiger partial charge < -0.3 is 16.0 Å². The molecule has 4 heteroatoms. The number of anilines is 2. The summed E-state index contributed by atoms with van der Waals surface area (Å²) in [5.41, 5.74) is 8.06. The van der Waals surface area contributed by atoms with Crippen LogP contribution in [-0.4, -0.2) is 35.6 Å². The smallest absolute Gasteiger partial charge is 0.0630 e. The van der Waals surface area contributed by atoms with Crippen LogP contribution in [0.1, 0.15) is 20.8 Å². The van der Waals surface area contributed by atoms with Crippen LogP contribution in [-0.2, 0) is 0 Å². The lowest BCUT2D eigenvalue weighted by atomic mass is 10.1. The first-order valence-electron chi connectivity index (χ1n) is 7.26. The summed E-state index contributed by atoms with van der Waals surface area (Å²) >= 11 is 0. The largest absolute Gasteiger partial charge is 0.397 e. The van der Waals surface area contributed by atoms with Gasteiger partial charge in [-0.3, -0.25) is 4.98 Å². The first-order chi connectivity index (χ1) is 9.65. The SMILES string of the molecule is CCN(CC)CC(C)Nc1ccc2cnccc2c1N. The second kappa shape index (κ2) is 6.57. The zero-order chi connectivity index (χ0) is 14.5. The van der Waals surface area contributed by atoms with Crippen molar-refractivity contribution in [1.29, 1.82) is 0 Å². The molecular weight excluding hydrogens is 248 g/mol. The Kier molecular flexibility index (Phi) is 4.79. The second-order valence-corrected chi connectivity index (χ2v) is 5.15. The monoisotopic (exact) mass is 272 g/mol. The van der Waals surface area contributed by atoms with Crippen LogP contribution < -0.4 is 11.1 Å². The fourth-order valence-electron chi connectivity index (χ4n) is 2.50. The minimum atomic E-state index is 0.358. The molecule has 20 heavy (non-hydrogen) atoms. The van der Waals surface area contributed by atoms with Crippen LogP contribution in [0.2, 0.25) is 0 Å². The number of hydrogen-bond acceptors (Lipinski definition) is 4. The van der Waals surface area contributed by atoms with Gasteiger partial charge >= 0.3 is 0 Å². The minimum Gasteiger partial charge on any atom is -0.397 e. The summed E-state index contributed by atoms with van der Waals surface area (Å²) in [5.74, 6) is 0. The summed E-state index contributed by atoms with van der Waals surface area (Å²) in [6.07, 6.45) is 3.62. The Morgan fingerprint density at radius 2 is 2.00 bits per heavy atom. The molecule has 0 bridgehead atoms. The summed E-state index contributed by atoms with van der Waals surface area (Å²) < 4.78 is 0. The number of nitrogens with one attached hydrogen (secondary N) is 1. The fourth-order valence-corrected chi connectivity index (χ4v) is 2.50. The Labute approximate surface area is 121 Å². The van der Waals surface area contributed by atoms with Gasteiger partial charge in [0.05, 0.1) is 11.4 Å². The van der Waals surface area contributed by atoms with Crippen LogP contribution in [0.3, 0.4) is 0 Å². The predicted octanol–water partition coefficient (Wildman–Crippen LogP) is 2.96. The number of benzene rings is 1. The summed E-state index contributed by atoms with van der Waals surface area (Å²) in [6.45, 7) is 9.72. The van der Waals surface area contributed by atoms with E-state index in [0.717, 1.165) is 41.8 Å². The Bertz CT molecular complexity index is 563. The molecule has 3 N–H and O–H groups in total. The Morgan fingerprint density at radius 3 is 2.70 bits per heavy atom. The molecule has 0 radical (unpaired) electrons. The number of nitrogen functional groups attached to an aromatic ring is 1. The molecule has 1 aromatic heterocycles. The van der Waals surface area contributed by atoms with Gasteiger partial charge in [-0.15, -0.1) is 0 Å².